The first-order valence-electron chi connectivity index (χ1n) is 2.98. The van der Waals surface area contributed by atoms with Crippen molar-refractivity contribution in [1.82, 2.24) is 0 Å². The van der Waals surface area contributed by atoms with Crippen molar-refractivity contribution in [2.24, 2.45) is 0 Å². The second-order valence-corrected chi connectivity index (χ2v) is 4.27. The molecule has 66 valence electrons. The van der Waals surface area contributed by atoms with E-state index in [1.54, 1.807) is 6.07 Å². The summed E-state index contributed by atoms with van der Waals surface area (Å²) >= 11 is 3.83. The van der Waals surface area contributed by atoms with E-state index >= 15 is 0 Å². The summed E-state index contributed by atoms with van der Waals surface area (Å²) < 4.78 is 30.4. The number of ether oxygens (including phenoxy) is 1. The summed E-state index contributed by atoms with van der Waals surface area (Å²) in [6, 6.07) is 2.78. The van der Waals surface area contributed by atoms with Crippen LogP contribution in [0.1, 0.15) is 0 Å². The first-order chi connectivity index (χ1) is 5.65. The van der Waals surface area contributed by atoms with Crippen LogP contribution in [0.25, 0.3) is 0 Å². The Bertz CT molecular complexity index is 291. The van der Waals surface area contributed by atoms with Gasteiger partial charge in [0, 0.05) is 6.07 Å². The fourth-order valence-electron chi connectivity index (χ4n) is 0.674. The van der Waals surface area contributed by atoms with Crippen LogP contribution >= 0.6 is 45.2 Å². The van der Waals surface area contributed by atoms with Crippen molar-refractivity contribution in [2.75, 3.05) is 6.86 Å². The van der Waals surface area contributed by atoms with Crippen LogP contribution in [0.5, 0.6) is 5.75 Å². The van der Waals surface area contributed by atoms with E-state index in [-0.39, 0.29) is 11.6 Å². The van der Waals surface area contributed by atoms with Gasteiger partial charge >= 0.3 is 0 Å². The molecule has 1 nitrogen and oxygen atoms in total. The van der Waals surface area contributed by atoms with Gasteiger partial charge in [-0.05, 0) is 51.2 Å². The van der Waals surface area contributed by atoms with Crippen molar-refractivity contribution in [1.29, 1.82) is 0 Å². The lowest BCUT2D eigenvalue weighted by Gasteiger charge is -2.04. The van der Waals surface area contributed by atoms with Crippen LogP contribution in [0, 0.1) is 13.0 Å². The van der Waals surface area contributed by atoms with Gasteiger partial charge in [0.05, 0.1) is 7.14 Å². The Morgan fingerprint density at radius 3 is 2.50 bits per heavy atom. The number of benzene rings is 1. The zero-order chi connectivity index (χ0) is 9.14. The van der Waals surface area contributed by atoms with Gasteiger partial charge in [0.25, 0.3) is 0 Å². The number of hydrogen-bond acceptors (Lipinski definition) is 1. The maximum absolute atomic E-state index is 12.9. The van der Waals surface area contributed by atoms with Crippen molar-refractivity contribution in [2.45, 2.75) is 0 Å². The van der Waals surface area contributed by atoms with Gasteiger partial charge in [-0.3, -0.25) is 0 Å². The number of rotatable bonds is 2. The fraction of sp³-hybridized carbons (Fsp3) is 0.143. The quantitative estimate of drug-likeness (QED) is 0.551. The standard InChI is InChI=1S/C7H4F2I2O/c8-3-12-7-1-4(9)5(10)2-6(7)11/h1-2H,3H2. The maximum Gasteiger partial charge on any atom is 0.228 e. The minimum Gasteiger partial charge on any atom is -0.462 e. The van der Waals surface area contributed by atoms with Crippen molar-refractivity contribution in [3.8, 4) is 5.75 Å². The second-order valence-electron chi connectivity index (χ2n) is 1.95. The summed E-state index contributed by atoms with van der Waals surface area (Å²) in [6.45, 7) is -0.934. The van der Waals surface area contributed by atoms with Crippen molar-refractivity contribution in [3.05, 3.63) is 25.1 Å². The van der Waals surface area contributed by atoms with Gasteiger partial charge in [0.15, 0.2) is 0 Å². The first kappa shape index (κ1) is 10.4. The van der Waals surface area contributed by atoms with Gasteiger partial charge < -0.3 is 4.74 Å². The molecule has 0 aromatic heterocycles. The lowest BCUT2D eigenvalue weighted by atomic mass is 10.3. The van der Waals surface area contributed by atoms with E-state index < -0.39 is 6.86 Å². The van der Waals surface area contributed by atoms with E-state index in [0.29, 0.717) is 7.14 Å². The van der Waals surface area contributed by atoms with Gasteiger partial charge in [-0.2, -0.15) is 0 Å². The molecule has 0 heterocycles. The van der Waals surface area contributed by atoms with Gasteiger partial charge in [0.1, 0.15) is 11.6 Å². The monoisotopic (exact) mass is 396 g/mol. The molecule has 0 aliphatic rings. The molecule has 0 radical (unpaired) electrons. The smallest absolute Gasteiger partial charge is 0.228 e. The SMILES string of the molecule is FCOc1cc(F)c(I)cc1I. The Hall–Kier alpha value is 0.340. The maximum atomic E-state index is 12.9. The molecular formula is C7H4F2I2O. The highest BCUT2D eigenvalue weighted by Crippen LogP contribution is 2.25. The van der Waals surface area contributed by atoms with Gasteiger partial charge in [-0.15, -0.1) is 0 Å². The second kappa shape index (κ2) is 4.54. The largest absolute Gasteiger partial charge is 0.462 e. The third-order valence-electron chi connectivity index (χ3n) is 1.18. The van der Waals surface area contributed by atoms with Crippen LogP contribution in [0.3, 0.4) is 0 Å². The van der Waals surface area contributed by atoms with Crippen LogP contribution in [0.2, 0.25) is 0 Å². The van der Waals surface area contributed by atoms with Crippen LogP contribution in [-0.4, -0.2) is 6.86 Å². The Labute approximate surface area is 95.8 Å². The van der Waals surface area contributed by atoms with Crippen LogP contribution < -0.4 is 4.74 Å². The van der Waals surface area contributed by atoms with Gasteiger partial charge in [-0.1, -0.05) is 0 Å². The van der Waals surface area contributed by atoms with Crippen LogP contribution in [0.4, 0.5) is 8.78 Å². The van der Waals surface area contributed by atoms with Gasteiger partial charge in [0.2, 0.25) is 6.86 Å². The highest BCUT2D eigenvalue weighted by Gasteiger charge is 2.06. The molecule has 0 aliphatic carbocycles. The molecule has 1 aromatic rings. The van der Waals surface area contributed by atoms with E-state index in [1.165, 1.54) is 6.07 Å². The number of hydrogen-bond donors (Lipinski definition) is 0. The molecule has 0 fully saturated rings. The molecule has 1 aromatic carbocycles. The minimum absolute atomic E-state index is 0.246. The lowest BCUT2D eigenvalue weighted by Crippen LogP contribution is -1.95. The van der Waals surface area contributed by atoms with Crippen LogP contribution in [0.15, 0.2) is 12.1 Å². The highest BCUT2D eigenvalue weighted by atomic mass is 127. The minimum atomic E-state index is -0.934. The summed E-state index contributed by atoms with van der Waals surface area (Å²) in [5.41, 5.74) is 0. The predicted molar refractivity (Wildman–Crippen MR) is 58.4 cm³/mol. The first-order valence-corrected chi connectivity index (χ1v) is 5.14. The Morgan fingerprint density at radius 2 is 1.92 bits per heavy atom. The Morgan fingerprint density at radius 1 is 1.25 bits per heavy atom. The normalized spacial score (nSPS) is 10.0. The molecule has 0 amide bonds. The number of halogens is 4. The molecule has 0 N–H and O–H groups in total. The molecule has 1 rings (SSSR count). The summed E-state index contributed by atoms with van der Waals surface area (Å²) in [5, 5.41) is 0. The zero-order valence-electron chi connectivity index (χ0n) is 5.78. The number of alkyl halides is 1. The van der Waals surface area contributed by atoms with Crippen molar-refractivity contribution < 1.29 is 13.5 Å². The third kappa shape index (κ3) is 2.41. The molecule has 0 saturated heterocycles. The molecule has 12 heavy (non-hydrogen) atoms. The summed E-state index contributed by atoms with van der Waals surface area (Å²) in [4.78, 5) is 0. The Kier molecular flexibility index (Phi) is 3.94. The topological polar surface area (TPSA) is 9.23 Å². The summed E-state index contributed by atoms with van der Waals surface area (Å²) in [6.07, 6.45) is 0. The van der Waals surface area contributed by atoms with E-state index in [4.69, 9.17) is 0 Å². The molecule has 0 aliphatic heterocycles. The predicted octanol–water partition coefficient (Wildman–Crippen LogP) is 3.34. The van der Waals surface area contributed by atoms with E-state index in [1.807, 2.05) is 45.2 Å². The molecule has 0 bridgehead atoms. The van der Waals surface area contributed by atoms with E-state index in [9.17, 15) is 8.78 Å². The van der Waals surface area contributed by atoms with Crippen molar-refractivity contribution in [3.63, 3.8) is 0 Å². The lowest BCUT2D eigenvalue weighted by molar-refractivity contribution is 0.190. The van der Waals surface area contributed by atoms with E-state index in [2.05, 4.69) is 4.74 Å². The zero-order valence-corrected chi connectivity index (χ0v) is 10.1. The van der Waals surface area contributed by atoms with Crippen molar-refractivity contribution >= 4 is 45.2 Å². The molecule has 0 saturated carbocycles. The van der Waals surface area contributed by atoms with Crippen LogP contribution in [-0.2, 0) is 0 Å². The highest BCUT2D eigenvalue weighted by molar-refractivity contribution is 14.1. The van der Waals surface area contributed by atoms with E-state index in [0.717, 1.165) is 0 Å². The molecular weight excluding hydrogens is 392 g/mol. The van der Waals surface area contributed by atoms with Gasteiger partial charge in [-0.25, -0.2) is 8.78 Å². The molecule has 0 unspecified atom stereocenters. The summed E-state index contributed by atoms with van der Waals surface area (Å²) in [5.74, 6) is -0.143. The third-order valence-corrected chi connectivity index (χ3v) is 2.85. The molecule has 0 spiro atoms. The molecule has 5 heteroatoms. The molecule has 0 atom stereocenters. The Balaban J connectivity index is 3.05. The summed E-state index contributed by atoms with van der Waals surface area (Å²) in [7, 11) is 0. The average Bonchev–Trinajstić information content (AvgIpc) is 2.01. The average molecular weight is 396 g/mol. The fourth-order valence-corrected chi connectivity index (χ4v) is 2.36.